The lowest BCUT2D eigenvalue weighted by Crippen LogP contribution is -2.55. The van der Waals surface area contributed by atoms with Crippen molar-refractivity contribution in [2.24, 2.45) is 0 Å². The maximum Gasteiger partial charge on any atom is 0.417 e. The fraction of sp³-hybridized carbons (Fsp3) is 0.375. The first-order chi connectivity index (χ1) is 15.2. The Bertz CT molecular complexity index is 1100. The molecule has 1 aliphatic heterocycles. The van der Waals surface area contributed by atoms with E-state index in [2.05, 4.69) is 6.92 Å². The highest BCUT2D eigenvalue weighted by atomic mass is 32.1. The van der Waals surface area contributed by atoms with Gasteiger partial charge in [0.05, 0.1) is 22.9 Å². The number of aryl methyl sites for hydroxylation is 1. The third kappa shape index (κ3) is 3.55. The summed E-state index contributed by atoms with van der Waals surface area (Å²) in [5, 5.41) is 9.24. The molecule has 2 aromatic rings. The van der Waals surface area contributed by atoms with Crippen molar-refractivity contribution in [2.45, 2.75) is 57.2 Å². The van der Waals surface area contributed by atoms with Crippen molar-refractivity contribution in [3.05, 3.63) is 59.2 Å². The number of anilines is 2. The summed E-state index contributed by atoms with van der Waals surface area (Å²) in [6.07, 6.45) is 0.433. The molecule has 32 heavy (non-hydrogen) atoms. The molecule has 4 nitrogen and oxygen atoms in total. The molecule has 2 fully saturated rings. The first-order valence-corrected chi connectivity index (χ1v) is 11.0. The number of thiocarbonyl (C=S) groups is 1. The van der Waals surface area contributed by atoms with E-state index in [1.807, 2.05) is 24.3 Å². The SMILES string of the molecule is CCCCc1ccc(N2C(=S)N(c3ccc(C#N)c(C(F)(F)F)c3)C(=O)C23CCC3)cc1. The van der Waals surface area contributed by atoms with E-state index in [4.69, 9.17) is 17.5 Å². The predicted octanol–water partition coefficient (Wildman–Crippen LogP) is 5.98. The van der Waals surface area contributed by atoms with Crippen LogP contribution in [0.25, 0.3) is 0 Å². The smallest absolute Gasteiger partial charge is 0.303 e. The van der Waals surface area contributed by atoms with Crippen molar-refractivity contribution in [1.29, 1.82) is 5.26 Å². The average Bonchev–Trinajstić information content (AvgIpc) is 2.98. The van der Waals surface area contributed by atoms with Gasteiger partial charge in [-0.15, -0.1) is 0 Å². The van der Waals surface area contributed by atoms with E-state index >= 15 is 0 Å². The second-order valence-corrected chi connectivity index (χ2v) is 8.62. The van der Waals surface area contributed by atoms with Crippen molar-refractivity contribution in [3.63, 3.8) is 0 Å². The highest BCUT2D eigenvalue weighted by Gasteiger charge is 2.59. The molecule has 0 aromatic heterocycles. The summed E-state index contributed by atoms with van der Waals surface area (Å²) in [6, 6.07) is 12.7. The molecule has 166 valence electrons. The lowest BCUT2D eigenvalue weighted by Gasteiger charge is -2.43. The van der Waals surface area contributed by atoms with Crippen LogP contribution in [0.1, 0.15) is 55.7 Å². The fourth-order valence-corrected chi connectivity index (χ4v) is 4.87. The number of hydrogen-bond donors (Lipinski definition) is 0. The monoisotopic (exact) mass is 457 g/mol. The van der Waals surface area contributed by atoms with Crippen LogP contribution in [-0.4, -0.2) is 16.6 Å². The second-order valence-electron chi connectivity index (χ2n) is 8.25. The van der Waals surface area contributed by atoms with E-state index in [-0.39, 0.29) is 16.7 Å². The van der Waals surface area contributed by atoms with Crippen molar-refractivity contribution < 1.29 is 18.0 Å². The van der Waals surface area contributed by atoms with Gasteiger partial charge < -0.3 is 4.90 Å². The molecule has 2 aromatic carbocycles. The van der Waals surface area contributed by atoms with Crippen molar-refractivity contribution >= 4 is 34.6 Å². The number of halogens is 3. The molecule has 0 atom stereocenters. The molecule has 0 N–H and O–H groups in total. The number of nitrogens with zero attached hydrogens (tertiary/aromatic N) is 3. The van der Waals surface area contributed by atoms with Gasteiger partial charge >= 0.3 is 6.18 Å². The van der Waals surface area contributed by atoms with Gasteiger partial charge in [0.15, 0.2) is 5.11 Å². The lowest BCUT2D eigenvalue weighted by molar-refractivity contribution is -0.137. The Morgan fingerprint density at radius 3 is 2.31 bits per heavy atom. The van der Waals surface area contributed by atoms with Gasteiger partial charge in [-0.1, -0.05) is 25.5 Å². The molecule has 2 aliphatic rings. The Balaban J connectivity index is 1.73. The van der Waals surface area contributed by atoms with E-state index < -0.39 is 22.8 Å². The van der Waals surface area contributed by atoms with Crippen molar-refractivity contribution in [1.82, 2.24) is 0 Å². The van der Waals surface area contributed by atoms with Crippen LogP contribution >= 0.6 is 12.2 Å². The van der Waals surface area contributed by atoms with E-state index in [1.165, 1.54) is 16.5 Å². The first-order valence-electron chi connectivity index (χ1n) is 10.6. The number of carbonyl (C=O) groups excluding carboxylic acids is 1. The van der Waals surface area contributed by atoms with Gasteiger partial charge in [0.2, 0.25) is 0 Å². The number of benzene rings is 2. The Morgan fingerprint density at radius 1 is 1.12 bits per heavy atom. The van der Waals surface area contributed by atoms with E-state index in [1.54, 1.807) is 11.0 Å². The quantitative estimate of drug-likeness (QED) is 0.518. The van der Waals surface area contributed by atoms with Gasteiger partial charge in [-0.25, -0.2) is 0 Å². The zero-order valence-electron chi connectivity index (χ0n) is 17.6. The van der Waals surface area contributed by atoms with Gasteiger partial charge in [-0.3, -0.25) is 9.69 Å². The number of nitriles is 1. The summed E-state index contributed by atoms with van der Waals surface area (Å²) in [7, 11) is 0. The molecule has 1 saturated carbocycles. The molecular weight excluding hydrogens is 435 g/mol. The van der Waals surface area contributed by atoms with Crippen LogP contribution in [0.3, 0.4) is 0 Å². The van der Waals surface area contributed by atoms with Gasteiger partial charge in [0.25, 0.3) is 5.91 Å². The van der Waals surface area contributed by atoms with Crippen LogP contribution in [-0.2, 0) is 17.4 Å². The average molecular weight is 458 g/mol. The second kappa shape index (κ2) is 8.21. The maximum absolute atomic E-state index is 13.5. The topological polar surface area (TPSA) is 47.3 Å². The molecule has 4 rings (SSSR count). The van der Waals surface area contributed by atoms with Gasteiger partial charge in [-0.05, 0) is 80.2 Å². The lowest BCUT2D eigenvalue weighted by atomic mass is 9.75. The number of alkyl halides is 3. The Morgan fingerprint density at radius 2 is 1.78 bits per heavy atom. The third-order valence-corrected chi connectivity index (χ3v) is 6.66. The molecule has 1 spiro atoms. The van der Waals surface area contributed by atoms with Gasteiger partial charge in [0.1, 0.15) is 5.54 Å². The number of carbonyl (C=O) groups is 1. The van der Waals surface area contributed by atoms with Crippen LogP contribution in [0.2, 0.25) is 0 Å². The Labute approximate surface area is 190 Å². The zero-order chi connectivity index (χ0) is 23.1. The van der Waals surface area contributed by atoms with Crippen LogP contribution in [0, 0.1) is 11.3 Å². The summed E-state index contributed by atoms with van der Waals surface area (Å²) in [5.74, 6) is -0.318. The summed E-state index contributed by atoms with van der Waals surface area (Å²) in [6.45, 7) is 2.13. The number of hydrogen-bond acceptors (Lipinski definition) is 3. The standard InChI is InChI=1S/C24H22F3N3OS/c1-2-3-5-16-6-9-18(10-7-16)30-22(32)29(21(31)23(30)12-4-13-23)19-11-8-17(15-28)20(14-19)24(25,26)27/h6-11,14H,2-5,12-13H2,1H3. The van der Waals surface area contributed by atoms with Crippen LogP contribution in [0.15, 0.2) is 42.5 Å². The number of amides is 1. The summed E-state index contributed by atoms with van der Waals surface area (Å²) in [5.41, 5.74) is -0.455. The van der Waals surface area contributed by atoms with Gasteiger partial charge in [0, 0.05) is 5.69 Å². The molecule has 1 amide bonds. The minimum atomic E-state index is -4.71. The maximum atomic E-state index is 13.5. The molecule has 8 heteroatoms. The molecule has 0 radical (unpaired) electrons. The summed E-state index contributed by atoms with van der Waals surface area (Å²) >= 11 is 5.64. The number of rotatable bonds is 5. The fourth-order valence-electron chi connectivity index (χ4n) is 4.40. The van der Waals surface area contributed by atoms with Crippen molar-refractivity contribution in [2.75, 3.05) is 9.80 Å². The van der Waals surface area contributed by atoms with Crippen molar-refractivity contribution in [3.8, 4) is 6.07 Å². The minimum absolute atomic E-state index is 0.0275. The van der Waals surface area contributed by atoms with E-state index in [9.17, 15) is 18.0 Å². The Kier molecular flexibility index (Phi) is 5.72. The molecule has 1 saturated heterocycles. The molecule has 0 bridgehead atoms. The molecule has 1 heterocycles. The molecule has 1 aliphatic carbocycles. The Hall–Kier alpha value is -2.92. The zero-order valence-corrected chi connectivity index (χ0v) is 18.4. The normalized spacial score (nSPS) is 17.6. The van der Waals surface area contributed by atoms with E-state index in [0.29, 0.717) is 12.8 Å². The van der Waals surface area contributed by atoms with Crippen LogP contribution in [0.5, 0.6) is 0 Å². The molecule has 0 unspecified atom stereocenters. The largest absolute Gasteiger partial charge is 0.417 e. The third-order valence-electron chi connectivity index (χ3n) is 6.29. The minimum Gasteiger partial charge on any atom is -0.303 e. The predicted molar refractivity (Wildman–Crippen MR) is 120 cm³/mol. The summed E-state index contributed by atoms with van der Waals surface area (Å²) < 4.78 is 40.5. The molecular formula is C24H22F3N3OS. The highest BCUT2D eigenvalue weighted by molar-refractivity contribution is 7.81. The first kappa shape index (κ1) is 22.3. The highest BCUT2D eigenvalue weighted by Crippen LogP contribution is 2.48. The number of unbranched alkanes of at least 4 members (excludes halogenated alkanes) is 1. The summed E-state index contributed by atoms with van der Waals surface area (Å²) in [4.78, 5) is 16.5. The van der Waals surface area contributed by atoms with Crippen LogP contribution < -0.4 is 9.80 Å². The van der Waals surface area contributed by atoms with Gasteiger partial charge in [-0.2, -0.15) is 18.4 Å². The van der Waals surface area contributed by atoms with Crippen LogP contribution in [0.4, 0.5) is 24.5 Å². The van der Waals surface area contributed by atoms with E-state index in [0.717, 1.165) is 43.5 Å².